The summed E-state index contributed by atoms with van der Waals surface area (Å²) in [6.45, 7) is 3.03. The first-order chi connectivity index (χ1) is 7.90. The number of carboxylic acids is 1. The third kappa shape index (κ3) is 1.54. The maximum absolute atomic E-state index is 13.5. The molecule has 0 saturated heterocycles. The van der Waals surface area contributed by atoms with E-state index in [1.54, 1.807) is 0 Å². The monoisotopic (exact) mass is 240 g/mol. The van der Waals surface area contributed by atoms with Gasteiger partial charge in [0.15, 0.2) is 0 Å². The van der Waals surface area contributed by atoms with Gasteiger partial charge in [0.25, 0.3) is 0 Å². The van der Waals surface area contributed by atoms with Gasteiger partial charge >= 0.3 is 5.97 Å². The summed E-state index contributed by atoms with van der Waals surface area (Å²) in [5, 5.41) is 9.32. The molecule has 0 radical (unpaired) electrons. The number of aliphatic carboxylic acids is 1. The van der Waals surface area contributed by atoms with Crippen LogP contribution in [-0.2, 0) is 10.2 Å². The van der Waals surface area contributed by atoms with Crippen molar-refractivity contribution in [2.24, 2.45) is 0 Å². The molecule has 0 unspecified atom stereocenters. The molecule has 17 heavy (non-hydrogen) atoms. The highest BCUT2D eigenvalue weighted by Crippen LogP contribution is 2.47. The van der Waals surface area contributed by atoms with Crippen molar-refractivity contribution < 1.29 is 18.7 Å². The smallest absolute Gasteiger partial charge is 0.314 e. The van der Waals surface area contributed by atoms with E-state index < -0.39 is 23.0 Å². The number of halogens is 2. The molecule has 0 spiro atoms. The molecule has 4 heteroatoms. The van der Waals surface area contributed by atoms with Crippen LogP contribution < -0.4 is 0 Å². The predicted octanol–water partition coefficient (Wildman–Crippen LogP) is 3.09. The Morgan fingerprint density at radius 2 is 1.71 bits per heavy atom. The molecular formula is C13H14F2O2. The van der Waals surface area contributed by atoms with Gasteiger partial charge in [0.2, 0.25) is 0 Å². The zero-order valence-corrected chi connectivity index (χ0v) is 9.81. The number of hydrogen-bond donors (Lipinski definition) is 1. The van der Waals surface area contributed by atoms with Crippen LogP contribution in [0.15, 0.2) is 6.07 Å². The van der Waals surface area contributed by atoms with Gasteiger partial charge in [-0.15, -0.1) is 0 Å². The van der Waals surface area contributed by atoms with E-state index in [1.165, 1.54) is 13.8 Å². The maximum atomic E-state index is 13.5. The molecule has 0 aromatic heterocycles. The van der Waals surface area contributed by atoms with E-state index in [0.717, 1.165) is 12.5 Å². The van der Waals surface area contributed by atoms with Crippen LogP contribution in [0.1, 0.15) is 36.0 Å². The maximum Gasteiger partial charge on any atom is 0.314 e. The lowest BCUT2D eigenvalue weighted by atomic mass is 9.62. The van der Waals surface area contributed by atoms with Gasteiger partial charge in [0.1, 0.15) is 11.6 Å². The summed E-state index contributed by atoms with van der Waals surface area (Å²) < 4.78 is 27.1. The first kappa shape index (κ1) is 12.0. The van der Waals surface area contributed by atoms with Gasteiger partial charge in [-0.1, -0.05) is 6.42 Å². The van der Waals surface area contributed by atoms with E-state index >= 15 is 0 Å². The lowest BCUT2D eigenvalue weighted by molar-refractivity contribution is -0.147. The lowest BCUT2D eigenvalue weighted by Gasteiger charge is -2.40. The average molecular weight is 240 g/mol. The Bertz CT molecular complexity index is 464. The van der Waals surface area contributed by atoms with Crippen molar-refractivity contribution in [2.45, 2.75) is 38.5 Å². The second-order valence-electron chi connectivity index (χ2n) is 4.71. The molecule has 0 bridgehead atoms. The van der Waals surface area contributed by atoms with Crippen molar-refractivity contribution in [3.8, 4) is 0 Å². The third-order valence-electron chi connectivity index (χ3n) is 3.81. The molecule has 0 atom stereocenters. The highest BCUT2D eigenvalue weighted by atomic mass is 19.1. The number of hydrogen-bond acceptors (Lipinski definition) is 1. The fraction of sp³-hybridized carbons (Fsp3) is 0.462. The number of benzene rings is 1. The summed E-state index contributed by atoms with van der Waals surface area (Å²) in [7, 11) is 0. The van der Waals surface area contributed by atoms with E-state index in [-0.39, 0.29) is 11.1 Å². The van der Waals surface area contributed by atoms with E-state index in [4.69, 9.17) is 0 Å². The average Bonchev–Trinajstić information content (AvgIpc) is 2.18. The molecule has 1 aliphatic carbocycles. The standard InChI is InChI=1S/C13H14F2O2/c1-7-9(14)6-10(15)8(2)11(7)13(12(16)17)4-3-5-13/h6H,3-5H2,1-2H3,(H,16,17). The molecule has 2 nitrogen and oxygen atoms in total. The van der Waals surface area contributed by atoms with Crippen LogP contribution in [0.25, 0.3) is 0 Å². The van der Waals surface area contributed by atoms with Gasteiger partial charge in [-0.05, 0) is 43.4 Å². The van der Waals surface area contributed by atoms with Crippen molar-refractivity contribution in [3.05, 3.63) is 34.4 Å². The van der Waals surface area contributed by atoms with Crippen molar-refractivity contribution in [1.29, 1.82) is 0 Å². The molecule has 1 saturated carbocycles. The van der Waals surface area contributed by atoms with Crippen LogP contribution in [0.2, 0.25) is 0 Å². The normalized spacial score (nSPS) is 17.6. The fourth-order valence-electron chi connectivity index (χ4n) is 2.67. The molecule has 1 fully saturated rings. The molecule has 1 N–H and O–H groups in total. The van der Waals surface area contributed by atoms with Crippen LogP contribution in [0.4, 0.5) is 8.78 Å². The minimum atomic E-state index is -1.09. The largest absolute Gasteiger partial charge is 0.481 e. The van der Waals surface area contributed by atoms with Crippen molar-refractivity contribution >= 4 is 5.97 Å². The highest BCUT2D eigenvalue weighted by Gasteiger charge is 2.48. The summed E-state index contributed by atoms with van der Waals surface area (Å²) in [5.74, 6) is -2.33. The Labute approximate surface area is 98.3 Å². The van der Waals surface area contributed by atoms with Gasteiger partial charge in [0, 0.05) is 6.07 Å². The van der Waals surface area contributed by atoms with Crippen molar-refractivity contribution in [1.82, 2.24) is 0 Å². The van der Waals surface area contributed by atoms with Crippen LogP contribution in [0.3, 0.4) is 0 Å². The van der Waals surface area contributed by atoms with E-state index in [9.17, 15) is 18.7 Å². The first-order valence-corrected chi connectivity index (χ1v) is 5.59. The Morgan fingerprint density at radius 1 is 1.24 bits per heavy atom. The number of carboxylic acid groups (broad SMARTS) is 1. The summed E-state index contributed by atoms with van der Waals surface area (Å²) in [4.78, 5) is 11.4. The van der Waals surface area contributed by atoms with Crippen molar-refractivity contribution in [3.63, 3.8) is 0 Å². The van der Waals surface area contributed by atoms with E-state index in [1.807, 2.05) is 0 Å². The summed E-state index contributed by atoms with van der Waals surface area (Å²) >= 11 is 0. The molecule has 0 heterocycles. The Hall–Kier alpha value is -1.45. The molecule has 0 aliphatic heterocycles. The van der Waals surface area contributed by atoms with Crippen LogP contribution in [0, 0.1) is 25.5 Å². The first-order valence-electron chi connectivity index (χ1n) is 5.59. The third-order valence-corrected chi connectivity index (χ3v) is 3.81. The summed E-state index contributed by atoms with van der Waals surface area (Å²) in [6, 6.07) is 0.822. The van der Waals surface area contributed by atoms with Gasteiger partial charge in [-0.3, -0.25) is 4.79 Å². The quantitative estimate of drug-likeness (QED) is 0.862. The molecule has 92 valence electrons. The molecular weight excluding hydrogens is 226 g/mol. The number of carbonyl (C=O) groups is 1. The molecule has 1 aliphatic rings. The SMILES string of the molecule is Cc1c(F)cc(F)c(C)c1C1(C(=O)O)CCC1. The van der Waals surface area contributed by atoms with Gasteiger partial charge < -0.3 is 5.11 Å². The Morgan fingerprint density at radius 3 is 2.00 bits per heavy atom. The van der Waals surface area contributed by atoms with Crippen LogP contribution in [-0.4, -0.2) is 11.1 Å². The van der Waals surface area contributed by atoms with Gasteiger partial charge in [0.05, 0.1) is 5.41 Å². The van der Waals surface area contributed by atoms with Crippen molar-refractivity contribution in [2.75, 3.05) is 0 Å². The van der Waals surface area contributed by atoms with E-state index in [0.29, 0.717) is 18.4 Å². The predicted molar refractivity (Wildman–Crippen MR) is 59.0 cm³/mol. The summed E-state index contributed by atoms with van der Waals surface area (Å²) in [5.41, 5.74) is -0.248. The highest BCUT2D eigenvalue weighted by molar-refractivity contribution is 5.83. The lowest BCUT2D eigenvalue weighted by Crippen LogP contribution is -2.43. The second-order valence-corrected chi connectivity index (χ2v) is 4.71. The van der Waals surface area contributed by atoms with Crippen LogP contribution in [0.5, 0.6) is 0 Å². The molecule has 1 aromatic carbocycles. The summed E-state index contributed by atoms with van der Waals surface area (Å²) in [6.07, 6.45) is 1.68. The Kier molecular flexibility index (Phi) is 2.68. The zero-order chi connectivity index (χ0) is 12.8. The van der Waals surface area contributed by atoms with Gasteiger partial charge in [-0.2, -0.15) is 0 Å². The molecule has 2 rings (SSSR count). The molecule has 0 amide bonds. The van der Waals surface area contributed by atoms with E-state index in [2.05, 4.69) is 0 Å². The number of rotatable bonds is 2. The topological polar surface area (TPSA) is 37.3 Å². The minimum absolute atomic E-state index is 0.256. The molecule has 1 aromatic rings. The fourth-order valence-corrected chi connectivity index (χ4v) is 2.67. The van der Waals surface area contributed by atoms with Gasteiger partial charge in [-0.25, -0.2) is 8.78 Å². The second kappa shape index (κ2) is 3.79. The Balaban J connectivity index is 2.70. The zero-order valence-electron chi connectivity index (χ0n) is 9.81. The van der Waals surface area contributed by atoms with Crippen LogP contribution >= 0.6 is 0 Å². The minimum Gasteiger partial charge on any atom is -0.481 e.